The molecule has 1 atom stereocenters. The summed E-state index contributed by atoms with van der Waals surface area (Å²) in [4.78, 5) is 9.09. The standard InChI is InChI=1S/C16H23N5O2S/c1-3-8-21-16(6-7-18-21)15-11-17-10-14(19-15)13-5-4-9-20(12-13)24(2,22)23/h6-7,10-11,13H,3-5,8-9,12H2,1-2H3. The first-order valence-electron chi connectivity index (χ1n) is 8.28. The van der Waals surface area contributed by atoms with Crippen molar-refractivity contribution in [1.82, 2.24) is 24.1 Å². The van der Waals surface area contributed by atoms with E-state index in [1.165, 1.54) is 10.6 Å². The van der Waals surface area contributed by atoms with E-state index in [1.54, 1.807) is 18.6 Å². The molecule has 2 aromatic rings. The number of hydrogen-bond acceptors (Lipinski definition) is 5. The molecular formula is C16H23N5O2S. The van der Waals surface area contributed by atoms with Gasteiger partial charge in [0.1, 0.15) is 5.69 Å². The van der Waals surface area contributed by atoms with Crippen LogP contribution in [-0.4, -0.2) is 51.8 Å². The Kier molecular flexibility index (Phi) is 4.96. The molecule has 1 unspecified atom stereocenters. The first-order valence-corrected chi connectivity index (χ1v) is 10.1. The molecule has 0 spiro atoms. The molecule has 7 nitrogen and oxygen atoms in total. The number of hydrogen-bond donors (Lipinski definition) is 0. The Labute approximate surface area is 142 Å². The molecule has 0 aliphatic carbocycles. The zero-order chi connectivity index (χ0) is 17.2. The predicted octanol–water partition coefficient (Wildman–Crippen LogP) is 1.89. The van der Waals surface area contributed by atoms with Gasteiger partial charge in [0, 0.05) is 37.9 Å². The Bertz CT molecular complexity index is 802. The van der Waals surface area contributed by atoms with Gasteiger partial charge in [0.25, 0.3) is 0 Å². The third kappa shape index (κ3) is 3.64. The summed E-state index contributed by atoms with van der Waals surface area (Å²) in [6.07, 6.45) is 9.29. The summed E-state index contributed by atoms with van der Waals surface area (Å²) in [7, 11) is -3.16. The van der Waals surface area contributed by atoms with Crippen LogP contribution in [0.1, 0.15) is 37.8 Å². The Hall–Kier alpha value is -1.80. The number of aromatic nitrogens is 4. The second-order valence-corrected chi connectivity index (χ2v) is 8.21. The summed E-state index contributed by atoms with van der Waals surface area (Å²) in [5.74, 6) is 0.0865. The van der Waals surface area contributed by atoms with Gasteiger partial charge in [0.2, 0.25) is 10.0 Å². The molecule has 130 valence electrons. The fourth-order valence-corrected chi connectivity index (χ4v) is 4.04. The maximum atomic E-state index is 11.8. The van der Waals surface area contributed by atoms with Gasteiger partial charge >= 0.3 is 0 Å². The first-order chi connectivity index (χ1) is 11.5. The topological polar surface area (TPSA) is 81.0 Å². The predicted molar refractivity (Wildman–Crippen MR) is 91.9 cm³/mol. The van der Waals surface area contributed by atoms with Crippen molar-refractivity contribution >= 4 is 10.0 Å². The van der Waals surface area contributed by atoms with E-state index in [4.69, 9.17) is 4.98 Å². The molecule has 0 radical (unpaired) electrons. The maximum absolute atomic E-state index is 11.8. The highest BCUT2D eigenvalue weighted by Crippen LogP contribution is 2.28. The molecule has 8 heteroatoms. The van der Waals surface area contributed by atoms with E-state index < -0.39 is 10.0 Å². The average Bonchev–Trinajstić information content (AvgIpc) is 3.03. The van der Waals surface area contributed by atoms with Crippen LogP contribution < -0.4 is 0 Å². The molecule has 0 aromatic carbocycles. The van der Waals surface area contributed by atoms with E-state index in [9.17, 15) is 8.42 Å². The minimum Gasteiger partial charge on any atom is -0.263 e. The first kappa shape index (κ1) is 17.0. The van der Waals surface area contributed by atoms with Crippen LogP contribution >= 0.6 is 0 Å². The Morgan fingerprint density at radius 1 is 1.33 bits per heavy atom. The second-order valence-electron chi connectivity index (χ2n) is 6.23. The molecule has 0 amide bonds. The molecule has 24 heavy (non-hydrogen) atoms. The number of piperidine rings is 1. The van der Waals surface area contributed by atoms with E-state index in [-0.39, 0.29) is 5.92 Å². The number of aryl methyl sites for hydroxylation is 1. The van der Waals surface area contributed by atoms with Crippen molar-refractivity contribution in [3.05, 3.63) is 30.4 Å². The van der Waals surface area contributed by atoms with Gasteiger partial charge in [-0.3, -0.25) is 9.67 Å². The summed E-state index contributed by atoms with van der Waals surface area (Å²) in [5.41, 5.74) is 2.59. The molecule has 2 aromatic heterocycles. The van der Waals surface area contributed by atoms with Crippen molar-refractivity contribution in [3.63, 3.8) is 0 Å². The van der Waals surface area contributed by atoms with Gasteiger partial charge in [-0.1, -0.05) is 6.92 Å². The SMILES string of the molecule is CCCn1nccc1-c1cncc(C2CCCN(S(C)(=O)=O)C2)n1. The second kappa shape index (κ2) is 6.98. The van der Waals surface area contributed by atoms with E-state index in [1.807, 2.05) is 10.7 Å². The lowest BCUT2D eigenvalue weighted by Gasteiger charge is -2.30. The van der Waals surface area contributed by atoms with Crippen molar-refractivity contribution in [2.45, 2.75) is 38.6 Å². The van der Waals surface area contributed by atoms with Crippen molar-refractivity contribution in [3.8, 4) is 11.4 Å². The van der Waals surface area contributed by atoms with Crippen molar-refractivity contribution in [2.75, 3.05) is 19.3 Å². The van der Waals surface area contributed by atoms with Gasteiger partial charge in [-0.2, -0.15) is 5.10 Å². The minimum atomic E-state index is -3.16. The van der Waals surface area contributed by atoms with E-state index in [0.29, 0.717) is 13.1 Å². The lowest BCUT2D eigenvalue weighted by molar-refractivity contribution is 0.314. The maximum Gasteiger partial charge on any atom is 0.211 e. The third-order valence-electron chi connectivity index (χ3n) is 4.34. The van der Waals surface area contributed by atoms with Crippen LogP contribution in [0.5, 0.6) is 0 Å². The van der Waals surface area contributed by atoms with Gasteiger partial charge in [-0.25, -0.2) is 17.7 Å². The highest BCUT2D eigenvalue weighted by molar-refractivity contribution is 7.88. The lowest BCUT2D eigenvalue weighted by atomic mass is 9.96. The molecule has 1 aliphatic rings. The van der Waals surface area contributed by atoms with Crippen LogP contribution in [0.15, 0.2) is 24.7 Å². The van der Waals surface area contributed by atoms with Gasteiger partial charge in [-0.15, -0.1) is 0 Å². The van der Waals surface area contributed by atoms with Crippen LogP contribution in [0, 0.1) is 0 Å². The molecule has 1 saturated heterocycles. The smallest absolute Gasteiger partial charge is 0.211 e. The van der Waals surface area contributed by atoms with Gasteiger partial charge in [0.15, 0.2) is 0 Å². The number of sulfonamides is 1. The Morgan fingerprint density at radius 2 is 2.17 bits per heavy atom. The molecular weight excluding hydrogens is 326 g/mol. The van der Waals surface area contributed by atoms with E-state index >= 15 is 0 Å². The van der Waals surface area contributed by atoms with Crippen LogP contribution in [0.2, 0.25) is 0 Å². The molecule has 0 N–H and O–H groups in total. The van der Waals surface area contributed by atoms with Crippen molar-refractivity contribution in [2.24, 2.45) is 0 Å². The largest absolute Gasteiger partial charge is 0.263 e. The summed E-state index contributed by atoms with van der Waals surface area (Å²) in [6, 6.07) is 1.94. The van der Waals surface area contributed by atoms with Crippen LogP contribution in [0.25, 0.3) is 11.4 Å². The van der Waals surface area contributed by atoms with Crippen LogP contribution in [0.4, 0.5) is 0 Å². The van der Waals surface area contributed by atoms with Crippen LogP contribution in [-0.2, 0) is 16.6 Å². The average molecular weight is 349 g/mol. The molecule has 1 aliphatic heterocycles. The third-order valence-corrected chi connectivity index (χ3v) is 5.61. The normalized spacial score (nSPS) is 19.5. The zero-order valence-corrected chi connectivity index (χ0v) is 14.9. The number of nitrogens with zero attached hydrogens (tertiary/aromatic N) is 5. The summed E-state index contributed by atoms with van der Waals surface area (Å²) < 4.78 is 27.1. The summed E-state index contributed by atoms with van der Waals surface area (Å²) in [5, 5.41) is 4.33. The van der Waals surface area contributed by atoms with Crippen LogP contribution in [0.3, 0.4) is 0 Å². The molecule has 3 rings (SSSR count). The quantitative estimate of drug-likeness (QED) is 0.823. The minimum absolute atomic E-state index is 0.0865. The lowest BCUT2D eigenvalue weighted by Crippen LogP contribution is -2.38. The van der Waals surface area contributed by atoms with Crippen molar-refractivity contribution in [1.29, 1.82) is 0 Å². The molecule has 0 saturated carbocycles. The fourth-order valence-electron chi connectivity index (χ4n) is 3.13. The van der Waals surface area contributed by atoms with Gasteiger partial charge in [-0.05, 0) is 25.3 Å². The highest BCUT2D eigenvalue weighted by atomic mass is 32.2. The van der Waals surface area contributed by atoms with Gasteiger partial charge in [0.05, 0.1) is 23.8 Å². The van der Waals surface area contributed by atoms with Crippen molar-refractivity contribution < 1.29 is 8.42 Å². The van der Waals surface area contributed by atoms with Gasteiger partial charge < -0.3 is 0 Å². The summed E-state index contributed by atoms with van der Waals surface area (Å²) >= 11 is 0. The summed E-state index contributed by atoms with van der Waals surface area (Å²) in [6.45, 7) is 4.01. The monoisotopic (exact) mass is 349 g/mol. The molecule has 1 fully saturated rings. The Balaban J connectivity index is 1.86. The fraction of sp³-hybridized carbons (Fsp3) is 0.562. The highest BCUT2D eigenvalue weighted by Gasteiger charge is 2.28. The Morgan fingerprint density at radius 3 is 2.92 bits per heavy atom. The van der Waals surface area contributed by atoms with E-state index in [2.05, 4.69) is 17.0 Å². The molecule has 3 heterocycles. The number of rotatable bonds is 5. The zero-order valence-electron chi connectivity index (χ0n) is 14.1. The molecule has 0 bridgehead atoms. The van der Waals surface area contributed by atoms with E-state index in [0.717, 1.165) is 42.9 Å².